The second-order valence-electron chi connectivity index (χ2n) is 10.6. The Hall–Kier alpha value is -2.93. The van der Waals surface area contributed by atoms with Crippen LogP contribution in [0.4, 0.5) is 35.1 Å². The number of aromatic hydroxyl groups is 1. The number of piperidine rings is 1. The molecule has 13 heteroatoms. The van der Waals surface area contributed by atoms with Gasteiger partial charge in [0.15, 0.2) is 0 Å². The van der Waals surface area contributed by atoms with E-state index in [4.69, 9.17) is 0 Å². The molecule has 2 aromatic rings. The Morgan fingerprint density at radius 2 is 1.52 bits per heavy atom. The fourth-order valence-electron chi connectivity index (χ4n) is 5.24. The maximum atomic E-state index is 13.8. The fraction of sp³-hybridized carbons (Fsp3) is 0.519. The van der Waals surface area contributed by atoms with E-state index in [2.05, 4.69) is 5.32 Å². The van der Waals surface area contributed by atoms with Crippen molar-refractivity contribution in [3.63, 3.8) is 0 Å². The first-order valence-corrected chi connectivity index (χ1v) is 12.6. The van der Waals surface area contributed by atoms with Gasteiger partial charge in [0.2, 0.25) is 5.91 Å². The van der Waals surface area contributed by atoms with E-state index in [9.17, 15) is 50.1 Å². The normalized spacial score (nSPS) is 20.8. The number of phenols is 1. The van der Waals surface area contributed by atoms with Gasteiger partial charge in [0.05, 0.1) is 23.1 Å². The van der Waals surface area contributed by atoms with Crippen molar-refractivity contribution in [1.29, 1.82) is 0 Å². The number of carbonyl (C=O) groups excluding carboxylic acids is 1. The van der Waals surface area contributed by atoms with Crippen LogP contribution in [0, 0.1) is 11.3 Å². The molecule has 220 valence electrons. The topological polar surface area (TPSA) is 72.8 Å². The second-order valence-corrected chi connectivity index (χ2v) is 10.6. The van der Waals surface area contributed by atoms with Crippen molar-refractivity contribution in [3.8, 4) is 5.75 Å². The fourth-order valence-corrected chi connectivity index (χ4v) is 5.24. The Morgan fingerprint density at radius 3 is 2.02 bits per heavy atom. The maximum absolute atomic E-state index is 13.8. The first kappa shape index (κ1) is 30.0. The number of hydrogen-bond donors (Lipinski definition) is 3. The van der Waals surface area contributed by atoms with Gasteiger partial charge in [-0.25, -0.2) is 8.78 Å². The Kier molecular flexibility index (Phi) is 8.12. The van der Waals surface area contributed by atoms with Crippen LogP contribution in [-0.2, 0) is 36.8 Å². The lowest BCUT2D eigenvalue weighted by Gasteiger charge is -2.41. The summed E-state index contributed by atoms with van der Waals surface area (Å²) in [6, 6.07) is 5.78. The highest BCUT2D eigenvalue weighted by Crippen LogP contribution is 2.56. The molecule has 1 atom stereocenters. The van der Waals surface area contributed by atoms with Crippen LogP contribution in [0.2, 0.25) is 0 Å². The molecule has 1 heterocycles. The molecule has 1 unspecified atom stereocenters. The van der Waals surface area contributed by atoms with Crippen LogP contribution in [0.25, 0.3) is 0 Å². The molecule has 40 heavy (non-hydrogen) atoms. The molecule has 1 saturated heterocycles. The van der Waals surface area contributed by atoms with Gasteiger partial charge in [0.25, 0.3) is 5.92 Å². The van der Waals surface area contributed by atoms with Crippen molar-refractivity contribution in [3.05, 3.63) is 64.2 Å². The highest BCUT2D eigenvalue weighted by Gasteiger charge is 2.60. The predicted octanol–water partition coefficient (Wildman–Crippen LogP) is 5.87. The summed E-state index contributed by atoms with van der Waals surface area (Å²) >= 11 is 0. The lowest BCUT2D eigenvalue weighted by Crippen LogP contribution is -2.49. The first-order valence-electron chi connectivity index (χ1n) is 12.6. The molecule has 2 fully saturated rings. The minimum Gasteiger partial charge on any atom is -0.508 e. The van der Waals surface area contributed by atoms with Gasteiger partial charge in [-0.1, -0.05) is 6.07 Å². The molecule has 1 amide bonds. The van der Waals surface area contributed by atoms with E-state index < -0.39 is 58.8 Å². The highest BCUT2D eigenvalue weighted by atomic mass is 19.4. The standard InChI is InChI=1S/C27H28F8N2O3/c28-25(29)12-21(25)11-24(3-5-37(6-4-24)14-16-1-2-22(39)18(7-16)15-38)23(40)36-13-17-8-19(26(30,31)32)10-20(9-17)27(33,34)35/h1-2,7-10,21,38-39H,3-6,11-15H2,(H,36,40). The Balaban J connectivity index is 1.48. The van der Waals surface area contributed by atoms with Gasteiger partial charge in [0, 0.05) is 31.0 Å². The summed E-state index contributed by atoms with van der Waals surface area (Å²) < 4.78 is 107. The van der Waals surface area contributed by atoms with Crippen molar-refractivity contribution in [2.45, 2.75) is 63.7 Å². The zero-order chi connectivity index (χ0) is 29.5. The summed E-state index contributed by atoms with van der Waals surface area (Å²) in [6.07, 6.45) is -10.3. The number of benzene rings is 2. The third kappa shape index (κ3) is 6.85. The quantitative estimate of drug-likeness (QED) is 0.342. The largest absolute Gasteiger partial charge is 0.508 e. The van der Waals surface area contributed by atoms with Crippen molar-refractivity contribution in [2.75, 3.05) is 13.1 Å². The van der Waals surface area contributed by atoms with E-state index in [1.165, 1.54) is 6.07 Å². The number of likely N-dealkylation sites (tertiary alicyclic amines) is 1. The molecule has 0 spiro atoms. The first-order chi connectivity index (χ1) is 18.5. The van der Waals surface area contributed by atoms with Crippen LogP contribution in [-0.4, -0.2) is 40.0 Å². The molecule has 2 aliphatic rings. The molecule has 0 aromatic heterocycles. The monoisotopic (exact) mass is 580 g/mol. The summed E-state index contributed by atoms with van der Waals surface area (Å²) in [6.45, 7) is 0.0470. The third-order valence-corrected chi connectivity index (χ3v) is 7.71. The molecule has 1 saturated carbocycles. The second kappa shape index (κ2) is 10.8. The summed E-state index contributed by atoms with van der Waals surface area (Å²) in [4.78, 5) is 15.3. The number of hydrogen-bond acceptors (Lipinski definition) is 4. The van der Waals surface area contributed by atoms with Crippen LogP contribution in [0.5, 0.6) is 5.75 Å². The molecule has 0 radical (unpaired) electrons. The number of alkyl halides is 8. The van der Waals surface area contributed by atoms with Gasteiger partial charge in [-0.05, 0) is 73.8 Å². The molecular weight excluding hydrogens is 552 g/mol. The molecule has 3 N–H and O–H groups in total. The van der Waals surface area contributed by atoms with Crippen LogP contribution in [0.3, 0.4) is 0 Å². The zero-order valence-electron chi connectivity index (χ0n) is 21.2. The Bertz CT molecular complexity index is 1210. The third-order valence-electron chi connectivity index (χ3n) is 7.71. The minimum atomic E-state index is -5.04. The van der Waals surface area contributed by atoms with Crippen molar-refractivity contribution in [2.24, 2.45) is 11.3 Å². The molecule has 2 aromatic carbocycles. The Morgan fingerprint density at radius 1 is 0.950 bits per heavy atom. The van der Waals surface area contributed by atoms with Crippen molar-refractivity contribution in [1.82, 2.24) is 10.2 Å². The van der Waals surface area contributed by atoms with Gasteiger partial charge >= 0.3 is 12.4 Å². The van der Waals surface area contributed by atoms with Gasteiger partial charge in [-0.15, -0.1) is 0 Å². The van der Waals surface area contributed by atoms with Crippen LogP contribution < -0.4 is 5.32 Å². The number of aliphatic hydroxyl groups is 1. The van der Waals surface area contributed by atoms with Crippen LogP contribution >= 0.6 is 0 Å². The number of carbonyl (C=O) groups is 1. The molecule has 0 bridgehead atoms. The van der Waals surface area contributed by atoms with E-state index in [0.29, 0.717) is 37.3 Å². The number of nitrogens with one attached hydrogen (secondary N) is 1. The minimum absolute atomic E-state index is 0.00464. The SMILES string of the molecule is O=C(NCc1cc(C(F)(F)F)cc(C(F)(F)F)c1)C1(CC2CC2(F)F)CCN(Cc2ccc(O)c(CO)c2)CC1. The maximum Gasteiger partial charge on any atom is 0.416 e. The average Bonchev–Trinajstić information content (AvgIpc) is 3.48. The lowest BCUT2D eigenvalue weighted by atomic mass is 9.73. The van der Waals surface area contributed by atoms with Crippen LogP contribution in [0.15, 0.2) is 36.4 Å². The lowest BCUT2D eigenvalue weighted by molar-refractivity contribution is -0.143. The zero-order valence-corrected chi connectivity index (χ0v) is 21.2. The number of nitrogens with zero attached hydrogens (tertiary/aromatic N) is 1. The Labute approximate surface area is 224 Å². The van der Waals surface area contributed by atoms with Crippen molar-refractivity contribution >= 4 is 5.91 Å². The predicted molar refractivity (Wildman–Crippen MR) is 127 cm³/mol. The van der Waals surface area contributed by atoms with E-state index in [1.807, 2.05) is 4.90 Å². The van der Waals surface area contributed by atoms with Gasteiger partial charge in [0.1, 0.15) is 5.75 Å². The molecule has 4 rings (SSSR count). The van der Waals surface area contributed by atoms with E-state index in [-0.39, 0.29) is 44.1 Å². The summed E-state index contributed by atoms with van der Waals surface area (Å²) in [7, 11) is 0. The number of amides is 1. The van der Waals surface area contributed by atoms with E-state index in [1.54, 1.807) is 12.1 Å². The average molecular weight is 581 g/mol. The summed E-state index contributed by atoms with van der Waals surface area (Å²) in [5, 5.41) is 21.5. The molecular formula is C27H28F8N2O3. The highest BCUT2D eigenvalue weighted by molar-refractivity contribution is 5.83. The van der Waals surface area contributed by atoms with Crippen LogP contribution in [0.1, 0.15) is 53.5 Å². The van der Waals surface area contributed by atoms with Gasteiger partial charge in [-0.2, -0.15) is 26.3 Å². The number of rotatable bonds is 8. The molecule has 5 nitrogen and oxygen atoms in total. The number of aliphatic hydroxyl groups excluding tert-OH is 1. The van der Waals surface area contributed by atoms with Gasteiger partial charge < -0.3 is 15.5 Å². The van der Waals surface area contributed by atoms with E-state index >= 15 is 0 Å². The molecule has 1 aliphatic carbocycles. The summed E-state index contributed by atoms with van der Waals surface area (Å²) in [5.74, 6) is -4.69. The number of halogens is 8. The summed E-state index contributed by atoms with van der Waals surface area (Å²) in [5.41, 5.74) is -3.58. The van der Waals surface area contributed by atoms with Crippen molar-refractivity contribution < 1.29 is 50.1 Å². The van der Waals surface area contributed by atoms with E-state index in [0.717, 1.165) is 5.56 Å². The molecule has 1 aliphatic heterocycles. The van der Waals surface area contributed by atoms with Gasteiger partial charge in [-0.3, -0.25) is 9.69 Å². The smallest absolute Gasteiger partial charge is 0.416 e.